The average Bonchev–Trinajstić information content (AvgIpc) is 2.68. The number of rotatable bonds is 3. The van der Waals surface area contributed by atoms with E-state index in [1.807, 2.05) is 39.8 Å². The third-order valence-electron chi connectivity index (χ3n) is 3.64. The van der Waals surface area contributed by atoms with Crippen LogP contribution in [0.1, 0.15) is 63.1 Å². The minimum atomic E-state index is -0.503. The van der Waals surface area contributed by atoms with Gasteiger partial charge in [-0.05, 0) is 53.2 Å². The Morgan fingerprint density at radius 3 is 2.67 bits per heavy atom. The molecular formula is C17H24N2O2. The number of hydrogen-bond acceptors (Lipinski definition) is 3. The third-order valence-corrected chi connectivity index (χ3v) is 3.64. The van der Waals surface area contributed by atoms with E-state index in [2.05, 4.69) is 23.4 Å². The molecule has 1 atom stereocenters. The van der Waals surface area contributed by atoms with Gasteiger partial charge in [-0.2, -0.15) is 0 Å². The van der Waals surface area contributed by atoms with E-state index in [-0.39, 0.29) is 5.97 Å². The molecule has 0 aromatic carbocycles. The number of aromatic nitrogens is 2. The van der Waals surface area contributed by atoms with Crippen LogP contribution >= 0.6 is 0 Å². The Balaban J connectivity index is 2.64. The molecule has 0 aliphatic rings. The number of carbonyl (C=O) groups is 1. The van der Waals surface area contributed by atoms with E-state index >= 15 is 0 Å². The summed E-state index contributed by atoms with van der Waals surface area (Å²) in [6.45, 7) is 11.9. The van der Waals surface area contributed by atoms with Gasteiger partial charge in [-0.1, -0.05) is 6.92 Å². The standard InChI is InChI=1S/C17H24N2O2/c1-7-11(2)19-12(3)14(16(20)21-17(4,5)6)13-9-8-10-18-15(13)19/h8-11H,7H2,1-6H3. The second-order valence-corrected chi connectivity index (χ2v) is 6.46. The Morgan fingerprint density at radius 2 is 2.10 bits per heavy atom. The van der Waals surface area contributed by atoms with Gasteiger partial charge in [0.15, 0.2) is 0 Å². The van der Waals surface area contributed by atoms with Crippen LogP contribution in [-0.4, -0.2) is 21.1 Å². The number of pyridine rings is 1. The van der Waals surface area contributed by atoms with Crippen molar-refractivity contribution in [3.63, 3.8) is 0 Å². The first-order valence-corrected chi connectivity index (χ1v) is 7.45. The maximum atomic E-state index is 12.6. The number of ether oxygens (including phenoxy) is 1. The van der Waals surface area contributed by atoms with Crippen molar-refractivity contribution in [2.24, 2.45) is 0 Å². The number of fused-ring (bicyclic) bond motifs is 1. The maximum absolute atomic E-state index is 12.6. The molecule has 21 heavy (non-hydrogen) atoms. The van der Waals surface area contributed by atoms with Gasteiger partial charge in [0.1, 0.15) is 11.2 Å². The molecule has 0 aliphatic carbocycles. The van der Waals surface area contributed by atoms with Gasteiger partial charge in [-0.15, -0.1) is 0 Å². The highest BCUT2D eigenvalue weighted by Crippen LogP contribution is 2.30. The molecule has 1 unspecified atom stereocenters. The summed E-state index contributed by atoms with van der Waals surface area (Å²) in [5, 5.41) is 0.865. The SMILES string of the molecule is CCC(C)n1c(C)c(C(=O)OC(C)(C)C)c2cccnc21. The van der Waals surface area contributed by atoms with Crippen molar-refractivity contribution in [2.75, 3.05) is 0 Å². The molecule has 0 bridgehead atoms. The van der Waals surface area contributed by atoms with Gasteiger partial charge in [0.05, 0.1) is 5.56 Å². The number of carbonyl (C=O) groups excluding carboxylic acids is 1. The summed E-state index contributed by atoms with van der Waals surface area (Å²) in [6, 6.07) is 4.09. The van der Waals surface area contributed by atoms with Crippen molar-refractivity contribution < 1.29 is 9.53 Å². The molecule has 0 spiro atoms. The van der Waals surface area contributed by atoms with Gasteiger partial charge in [-0.25, -0.2) is 9.78 Å². The second kappa shape index (κ2) is 5.51. The lowest BCUT2D eigenvalue weighted by Crippen LogP contribution is -2.24. The minimum absolute atomic E-state index is 0.278. The van der Waals surface area contributed by atoms with Gasteiger partial charge >= 0.3 is 5.97 Å². The van der Waals surface area contributed by atoms with Crippen LogP contribution in [0.3, 0.4) is 0 Å². The van der Waals surface area contributed by atoms with Gasteiger partial charge < -0.3 is 9.30 Å². The molecule has 0 N–H and O–H groups in total. The fourth-order valence-electron chi connectivity index (χ4n) is 2.57. The van der Waals surface area contributed by atoms with Crippen LogP contribution in [0.15, 0.2) is 18.3 Å². The van der Waals surface area contributed by atoms with Crippen LogP contribution < -0.4 is 0 Å². The highest BCUT2D eigenvalue weighted by atomic mass is 16.6. The molecule has 0 amide bonds. The monoisotopic (exact) mass is 288 g/mol. The fourth-order valence-corrected chi connectivity index (χ4v) is 2.57. The lowest BCUT2D eigenvalue weighted by molar-refractivity contribution is 0.00707. The number of nitrogens with zero attached hydrogens (tertiary/aromatic N) is 2. The summed E-state index contributed by atoms with van der Waals surface area (Å²) in [6.07, 6.45) is 2.74. The van der Waals surface area contributed by atoms with Crippen molar-refractivity contribution in [3.05, 3.63) is 29.6 Å². The molecule has 0 saturated carbocycles. The lowest BCUT2D eigenvalue weighted by Gasteiger charge is -2.20. The van der Waals surface area contributed by atoms with Crippen molar-refractivity contribution in [1.29, 1.82) is 0 Å². The van der Waals surface area contributed by atoms with E-state index in [1.54, 1.807) is 6.20 Å². The van der Waals surface area contributed by atoms with Crippen LogP contribution in [0, 0.1) is 6.92 Å². The predicted octanol–water partition coefficient (Wildman–Crippen LogP) is 4.27. The Bertz CT molecular complexity index is 665. The molecule has 0 fully saturated rings. The quantitative estimate of drug-likeness (QED) is 0.792. The van der Waals surface area contributed by atoms with E-state index in [1.165, 1.54) is 0 Å². The van der Waals surface area contributed by atoms with Gasteiger partial charge in [0, 0.05) is 23.3 Å². The van der Waals surface area contributed by atoms with Crippen molar-refractivity contribution in [2.45, 2.75) is 59.6 Å². The lowest BCUT2D eigenvalue weighted by atomic mass is 10.1. The molecule has 0 aliphatic heterocycles. The molecule has 114 valence electrons. The van der Waals surface area contributed by atoms with Gasteiger partial charge in [0.25, 0.3) is 0 Å². The smallest absolute Gasteiger partial charge is 0.341 e. The van der Waals surface area contributed by atoms with Crippen LogP contribution in [0.25, 0.3) is 11.0 Å². The molecule has 2 aromatic rings. The summed E-state index contributed by atoms with van der Waals surface area (Å²) >= 11 is 0. The molecular weight excluding hydrogens is 264 g/mol. The van der Waals surface area contributed by atoms with E-state index in [4.69, 9.17) is 4.74 Å². The summed E-state index contributed by atoms with van der Waals surface area (Å²) in [7, 11) is 0. The molecule has 2 rings (SSSR count). The van der Waals surface area contributed by atoms with Crippen LogP contribution in [0.4, 0.5) is 0 Å². The van der Waals surface area contributed by atoms with Gasteiger partial charge in [-0.3, -0.25) is 0 Å². The maximum Gasteiger partial charge on any atom is 0.341 e. The molecule has 0 saturated heterocycles. The molecule has 4 heteroatoms. The highest BCUT2D eigenvalue weighted by Gasteiger charge is 2.26. The number of hydrogen-bond donors (Lipinski definition) is 0. The Morgan fingerprint density at radius 1 is 1.43 bits per heavy atom. The fraction of sp³-hybridized carbons (Fsp3) is 0.529. The summed E-state index contributed by atoms with van der Waals surface area (Å²) < 4.78 is 7.69. The average molecular weight is 288 g/mol. The zero-order valence-corrected chi connectivity index (χ0v) is 13.7. The molecule has 0 radical (unpaired) electrons. The highest BCUT2D eigenvalue weighted by molar-refractivity contribution is 6.05. The topological polar surface area (TPSA) is 44.1 Å². The second-order valence-electron chi connectivity index (χ2n) is 6.46. The Kier molecular flexibility index (Phi) is 4.08. The van der Waals surface area contributed by atoms with Crippen LogP contribution in [0.2, 0.25) is 0 Å². The Hall–Kier alpha value is -1.84. The Labute approximate surface area is 126 Å². The first-order chi connectivity index (χ1) is 9.76. The summed E-state index contributed by atoms with van der Waals surface area (Å²) in [4.78, 5) is 17.0. The summed E-state index contributed by atoms with van der Waals surface area (Å²) in [5.41, 5.74) is 1.90. The van der Waals surface area contributed by atoms with Crippen molar-refractivity contribution in [1.82, 2.24) is 9.55 Å². The van der Waals surface area contributed by atoms with Crippen LogP contribution in [-0.2, 0) is 4.74 Å². The van der Waals surface area contributed by atoms with E-state index in [9.17, 15) is 4.79 Å². The van der Waals surface area contributed by atoms with Crippen molar-refractivity contribution >= 4 is 17.0 Å². The molecule has 2 aromatic heterocycles. The third kappa shape index (κ3) is 2.94. The molecule has 2 heterocycles. The van der Waals surface area contributed by atoms with E-state index in [0.717, 1.165) is 23.1 Å². The van der Waals surface area contributed by atoms with Crippen LogP contribution in [0.5, 0.6) is 0 Å². The van der Waals surface area contributed by atoms with E-state index < -0.39 is 5.60 Å². The van der Waals surface area contributed by atoms with Crippen molar-refractivity contribution in [3.8, 4) is 0 Å². The zero-order valence-electron chi connectivity index (χ0n) is 13.7. The number of esters is 1. The first-order valence-electron chi connectivity index (χ1n) is 7.45. The normalized spacial score (nSPS) is 13.4. The molecule has 4 nitrogen and oxygen atoms in total. The zero-order chi connectivity index (χ0) is 15.8. The van der Waals surface area contributed by atoms with Gasteiger partial charge in [0.2, 0.25) is 0 Å². The first kappa shape index (κ1) is 15.5. The predicted molar refractivity (Wildman–Crippen MR) is 84.6 cm³/mol. The van der Waals surface area contributed by atoms with E-state index in [0.29, 0.717) is 11.6 Å². The summed E-state index contributed by atoms with van der Waals surface area (Å²) in [5.74, 6) is -0.278. The largest absolute Gasteiger partial charge is 0.456 e. The minimum Gasteiger partial charge on any atom is -0.456 e.